The summed E-state index contributed by atoms with van der Waals surface area (Å²) >= 11 is 0. The molecular weight excluding hydrogens is 224 g/mol. The van der Waals surface area contributed by atoms with E-state index in [4.69, 9.17) is 15.2 Å². The van der Waals surface area contributed by atoms with E-state index in [0.717, 1.165) is 0 Å². The number of rotatable bonds is 3. The zero-order valence-corrected chi connectivity index (χ0v) is 9.48. The molecule has 0 atom stereocenters. The molecule has 0 radical (unpaired) electrons. The van der Waals surface area contributed by atoms with Gasteiger partial charge < -0.3 is 20.2 Å². The van der Waals surface area contributed by atoms with Gasteiger partial charge in [-0.3, -0.25) is 0 Å². The van der Waals surface area contributed by atoms with E-state index in [2.05, 4.69) is 15.0 Å². The number of nitrogens with zero attached hydrogens (tertiary/aromatic N) is 2. The first kappa shape index (κ1) is 11.2. The first-order valence-corrected chi connectivity index (χ1v) is 5.03. The van der Waals surface area contributed by atoms with Crippen LogP contribution in [-0.4, -0.2) is 34.6 Å². The van der Waals surface area contributed by atoms with E-state index < -0.39 is 5.97 Å². The number of hydrogen-bond acceptors (Lipinski definition) is 6. The molecule has 2 rings (SSSR count). The molecule has 7 nitrogen and oxygen atoms in total. The Morgan fingerprint density at radius 2 is 2.29 bits per heavy atom. The van der Waals surface area contributed by atoms with Gasteiger partial charge in [-0.25, -0.2) is 4.79 Å². The van der Waals surface area contributed by atoms with Crippen LogP contribution in [0.25, 0.3) is 11.0 Å². The number of hydrogen-bond donors (Lipinski definition) is 2. The number of fused-ring (bicyclic) bond motifs is 1. The Balaban J connectivity index is 2.53. The topological polar surface area (TPSA) is 103 Å². The quantitative estimate of drug-likeness (QED) is 0.761. The molecule has 90 valence electrons. The van der Waals surface area contributed by atoms with Gasteiger partial charge in [0.2, 0.25) is 11.8 Å². The Bertz CT molecular complexity index is 564. The largest absolute Gasteiger partial charge is 0.480 e. The minimum Gasteiger partial charge on any atom is -0.480 e. The van der Waals surface area contributed by atoms with Crippen molar-refractivity contribution in [1.82, 2.24) is 15.0 Å². The normalized spacial score (nSPS) is 10.5. The van der Waals surface area contributed by atoms with Crippen molar-refractivity contribution < 1.29 is 14.3 Å². The molecule has 0 spiro atoms. The number of H-pyrrole nitrogens is 1. The third-order valence-corrected chi connectivity index (χ3v) is 2.16. The molecule has 0 aliphatic carbocycles. The fraction of sp³-hybridized carbons (Fsp3) is 0.300. The maximum absolute atomic E-state index is 11.5. The Labute approximate surface area is 96.9 Å². The molecule has 2 heterocycles. The summed E-state index contributed by atoms with van der Waals surface area (Å²) in [5.41, 5.74) is 6.24. The zero-order valence-electron chi connectivity index (χ0n) is 9.48. The van der Waals surface area contributed by atoms with Gasteiger partial charge in [-0.05, 0) is 13.0 Å². The minimum absolute atomic E-state index is 0.0756. The van der Waals surface area contributed by atoms with Crippen molar-refractivity contribution in [2.24, 2.45) is 0 Å². The van der Waals surface area contributed by atoms with Crippen LogP contribution in [0.1, 0.15) is 17.4 Å². The number of carbonyl (C=O) groups excluding carboxylic acids is 1. The summed E-state index contributed by atoms with van der Waals surface area (Å²) < 4.78 is 9.93. The van der Waals surface area contributed by atoms with Crippen molar-refractivity contribution in [2.45, 2.75) is 6.92 Å². The molecule has 0 amide bonds. The Kier molecular flexibility index (Phi) is 2.82. The molecule has 0 aromatic carbocycles. The van der Waals surface area contributed by atoms with E-state index >= 15 is 0 Å². The molecule has 0 aliphatic heterocycles. The predicted octanol–water partition coefficient (Wildman–Crippen LogP) is 0.725. The van der Waals surface area contributed by atoms with Crippen molar-refractivity contribution in [1.29, 1.82) is 0 Å². The molecule has 7 heteroatoms. The van der Waals surface area contributed by atoms with Crippen LogP contribution >= 0.6 is 0 Å². The van der Waals surface area contributed by atoms with Gasteiger partial charge in [-0.15, -0.1) is 0 Å². The second-order valence-corrected chi connectivity index (χ2v) is 3.26. The summed E-state index contributed by atoms with van der Waals surface area (Å²) in [5.74, 6) is -0.0583. The summed E-state index contributed by atoms with van der Waals surface area (Å²) in [6.45, 7) is 2.04. The molecule has 0 bridgehead atoms. The van der Waals surface area contributed by atoms with Crippen LogP contribution in [0.2, 0.25) is 0 Å². The first-order valence-electron chi connectivity index (χ1n) is 5.03. The summed E-state index contributed by atoms with van der Waals surface area (Å²) in [5, 5.41) is 0.588. The van der Waals surface area contributed by atoms with Gasteiger partial charge in [-0.2, -0.15) is 9.97 Å². The van der Waals surface area contributed by atoms with Crippen LogP contribution in [0, 0.1) is 0 Å². The van der Waals surface area contributed by atoms with Crippen LogP contribution in [0.4, 0.5) is 5.95 Å². The van der Waals surface area contributed by atoms with Crippen LogP contribution in [0.15, 0.2) is 6.07 Å². The van der Waals surface area contributed by atoms with Gasteiger partial charge in [0.25, 0.3) is 0 Å². The second kappa shape index (κ2) is 4.28. The lowest BCUT2D eigenvalue weighted by Crippen LogP contribution is -2.04. The summed E-state index contributed by atoms with van der Waals surface area (Å²) in [7, 11) is 1.47. The first-order chi connectivity index (χ1) is 8.15. The Hall–Kier alpha value is -2.31. The average molecular weight is 236 g/mol. The number of esters is 1. The van der Waals surface area contributed by atoms with Crippen LogP contribution in [0.5, 0.6) is 5.88 Å². The lowest BCUT2D eigenvalue weighted by atomic mass is 10.3. The number of carbonyl (C=O) groups is 1. The van der Waals surface area contributed by atoms with Crippen molar-refractivity contribution in [3.63, 3.8) is 0 Å². The third-order valence-electron chi connectivity index (χ3n) is 2.16. The standard InChI is InChI=1S/C10H12N4O3/c1-3-17-9(15)6-4-5-7(12-6)13-10(11)14-8(5)16-2/h4H,3H2,1-2H3,(H3,11,12,13,14). The van der Waals surface area contributed by atoms with Crippen molar-refractivity contribution in [3.8, 4) is 5.88 Å². The van der Waals surface area contributed by atoms with Crippen molar-refractivity contribution in [2.75, 3.05) is 19.5 Å². The number of aromatic nitrogens is 3. The fourth-order valence-corrected chi connectivity index (χ4v) is 1.47. The maximum atomic E-state index is 11.5. The molecular formula is C10H12N4O3. The van der Waals surface area contributed by atoms with E-state index in [0.29, 0.717) is 29.2 Å². The minimum atomic E-state index is -0.453. The Morgan fingerprint density at radius 1 is 1.53 bits per heavy atom. The predicted molar refractivity (Wildman–Crippen MR) is 60.8 cm³/mol. The van der Waals surface area contributed by atoms with Crippen LogP contribution in [0.3, 0.4) is 0 Å². The molecule has 0 saturated carbocycles. The van der Waals surface area contributed by atoms with E-state index in [1.807, 2.05) is 0 Å². The van der Waals surface area contributed by atoms with Crippen LogP contribution < -0.4 is 10.5 Å². The average Bonchev–Trinajstić information content (AvgIpc) is 2.71. The monoisotopic (exact) mass is 236 g/mol. The van der Waals surface area contributed by atoms with E-state index in [1.165, 1.54) is 7.11 Å². The molecule has 0 saturated heterocycles. The van der Waals surface area contributed by atoms with E-state index in [-0.39, 0.29) is 5.95 Å². The fourth-order valence-electron chi connectivity index (χ4n) is 1.47. The van der Waals surface area contributed by atoms with Gasteiger partial charge in [0.05, 0.1) is 19.1 Å². The number of anilines is 1. The van der Waals surface area contributed by atoms with Gasteiger partial charge in [0.15, 0.2) is 0 Å². The number of aromatic amines is 1. The van der Waals surface area contributed by atoms with Crippen molar-refractivity contribution >= 4 is 23.0 Å². The van der Waals surface area contributed by atoms with Gasteiger partial charge in [-0.1, -0.05) is 0 Å². The zero-order chi connectivity index (χ0) is 12.4. The Morgan fingerprint density at radius 3 is 2.94 bits per heavy atom. The number of methoxy groups -OCH3 is 1. The third kappa shape index (κ3) is 1.99. The number of nitrogens with one attached hydrogen (secondary N) is 1. The molecule has 2 aromatic rings. The number of nitrogens with two attached hydrogens (primary N) is 1. The lowest BCUT2D eigenvalue weighted by Gasteiger charge is -1.99. The maximum Gasteiger partial charge on any atom is 0.354 e. The molecule has 0 unspecified atom stereocenters. The van der Waals surface area contributed by atoms with Crippen LogP contribution in [-0.2, 0) is 4.74 Å². The van der Waals surface area contributed by atoms with E-state index in [1.54, 1.807) is 13.0 Å². The van der Waals surface area contributed by atoms with E-state index in [9.17, 15) is 4.79 Å². The highest BCUT2D eigenvalue weighted by Crippen LogP contribution is 2.24. The molecule has 17 heavy (non-hydrogen) atoms. The smallest absolute Gasteiger partial charge is 0.354 e. The van der Waals surface area contributed by atoms with Gasteiger partial charge in [0.1, 0.15) is 11.3 Å². The number of ether oxygens (including phenoxy) is 2. The summed E-state index contributed by atoms with van der Waals surface area (Å²) in [6.07, 6.45) is 0. The van der Waals surface area contributed by atoms with Gasteiger partial charge in [0, 0.05) is 0 Å². The number of nitrogen functional groups attached to an aromatic ring is 1. The second-order valence-electron chi connectivity index (χ2n) is 3.26. The molecule has 3 N–H and O–H groups in total. The lowest BCUT2D eigenvalue weighted by molar-refractivity contribution is 0.0520. The molecule has 2 aromatic heterocycles. The van der Waals surface area contributed by atoms with Gasteiger partial charge >= 0.3 is 5.97 Å². The summed E-state index contributed by atoms with van der Waals surface area (Å²) in [4.78, 5) is 22.2. The van der Waals surface area contributed by atoms with Crippen molar-refractivity contribution in [3.05, 3.63) is 11.8 Å². The summed E-state index contributed by atoms with van der Waals surface area (Å²) in [6, 6.07) is 1.58. The highest BCUT2D eigenvalue weighted by molar-refractivity contribution is 5.95. The SMILES string of the molecule is CCOC(=O)c1cc2c(OC)nc(N)nc2[nH]1. The molecule has 0 fully saturated rings. The molecule has 0 aliphatic rings. The highest BCUT2D eigenvalue weighted by Gasteiger charge is 2.15. The highest BCUT2D eigenvalue weighted by atomic mass is 16.5.